The molecule has 0 radical (unpaired) electrons. The summed E-state index contributed by atoms with van der Waals surface area (Å²) in [6, 6.07) is 22.6. The Morgan fingerprint density at radius 1 is 1.00 bits per heavy atom. The Morgan fingerprint density at radius 3 is 2.50 bits per heavy atom. The number of rotatable bonds is 5. The molecule has 30 heavy (non-hydrogen) atoms. The van der Waals surface area contributed by atoms with E-state index in [4.69, 9.17) is 4.74 Å². The molecule has 6 heteroatoms. The fraction of sp³-hybridized carbons (Fsp3) is 0.0833. The monoisotopic (exact) mass is 401 g/mol. The van der Waals surface area contributed by atoms with Crippen LogP contribution in [-0.2, 0) is 0 Å². The van der Waals surface area contributed by atoms with Gasteiger partial charge in [-0.3, -0.25) is 4.79 Å². The predicted molar refractivity (Wildman–Crippen MR) is 115 cm³/mol. The lowest BCUT2D eigenvalue weighted by Gasteiger charge is -2.09. The van der Waals surface area contributed by atoms with Gasteiger partial charge in [0.05, 0.1) is 18.5 Å². The molecule has 0 aliphatic heterocycles. The van der Waals surface area contributed by atoms with Gasteiger partial charge in [-0.05, 0) is 67.1 Å². The quantitative estimate of drug-likeness (QED) is 0.497. The van der Waals surface area contributed by atoms with Gasteiger partial charge in [-0.1, -0.05) is 24.3 Å². The molecule has 0 bridgehead atoms. The number of methoxy groups -OCH3 is 1. The molecule has 0 fully saturated rings. The number of hydrogen-bond acceptors (Lipinski definition) is 3. The molecule has 0 saturated heterocycles. The fourth-order valence-corrected chi connectivity index (χ4v) is 3.15. The van der Waals surface area contributed by atoms with Crippen molar-refractivity contribution in [3.8, 4) is 22.7 Å². The maximum Gasteiger partial charge on any atom is 0.274 e. The number of hydrogen-bond donors (Lipinski definition) is 1. The molecule has 0 unspecified atom stereocenters. The molecule has 0 aliphatic rings. The van der Waals surface area contributed by atoms with Gasteiger partial charge in [0.25, 0.3) is 5.91 Å². The summed E-state index contributed by atoms with van der Waals surface area (Å²) < 4.78 is 20.1. The number of amides is 1. The normalized spacial score (nSPS) is 10.6. The van der Waals surface area contributed by atoms with E-state index >= 15 is 0 Å². The number of carbonyl (C=O) groups is 1. The van der Waals surface area contributed by atoms with Gasteiger partial charge < -0.3 is 10.1 Å². The molecule has 1 aromatic heterocycles. The first-order valence-electron chi connectivity index (χ1n) is 9.42. The Labute approximate surface area is 173 Å². The molecule has 0 aliphatic carbocycles. The van der Waals surface area contributed by atoms with E-state index in [-0.39, 0.29) is 11.7 Å². The van der Waals surface area contributed by atoms with E-state index in [9.17, 15) is 9.18 Å². The number of ether oxygens (including phenoxy) is 1. The smallest absolute Gasteiger partial charge is 0.274 e. The Hall–Kier alpha value is -3.93. The van der Waals surface area contributed by atoms with Crippen LogP contribution in [0.4, 0.5) is 10.1 Å². The first-order chi connectivity index (χ1) is 14.5. The molecule has 5 nitrogen and oxygen atoms in total. The van der Waals surface area contributed by atoms with Crippen LogP contribution in [0.15, 0.2) is 78.9 Å². The topological polar surface area (TPSA) is 56.1 Å². The summed E-state index contributed by atoms with van der Waals surface area (Å²) in [5.41, 5.74) is 4.16. The first-order valence-corrected chi connectivity index (χ1v) is 9.42. The second-order valence-electron chi connectivity index (χ2n) is 6.86. The van der Waals surface area contributed by atoms with Gasteiger partial charge in [0.2, 0.25) is 0 Å². The van der Waals surface area contributed by atoms with Gasteiger partial charge in [-0.25, -0.2) is 9.07 Å². The standard InChI is InChI=1S/C24H20FN3O2/c1-16-5-3-7-20(13-16)28-23(24(29)26-19-11-9-18(25)10-12-19)15-22(27-28)17-6-4-8-21(14-17)30-2/h3-15H,1-2H3,(H,26,29). The van der Waals surface area contributed by atoms with Crippen molar-refractivity contribution in [2.45, 2.75) is 6.92 Å². The number of carbonyl (C=O) groups excluding carboxylic acids is 1. The maximum atomic E-state index is 13.2. The predicted octanol–water partition coefficient (Wildman–Crippen LogP) is 5.25. The fourth-order valence-electron chi connectivity index (χ4n) is 3.15. The average Bonchev–Trinajstić information content (AvgIpc) is 3.21. The second kappa shape index (κ2) is 8.21. The highest BCUT2D eigenvalue weighted by Gasteiger charge is 2.18. The van der Waals surface area contributed by atoms with E-state index in [1.807, 2.05) is 55.5 Å². The van der Waals surface area contributed by atoms with Gasteiger partial charge in [0.15, 0.2) is 0 Å². The van der Waals surface area contributed by atoms with Gasteiger partial charge in [-0.2, -0.15) is 5.10 Å². The lowest BCUT2D eigenvalue weighted by molar-refractivity contribution is 0.101. The zero-order valence-corrected chi connectivity index (χ0v) is 16.6. The summed E-state index contributed by atoms with van der Waals surface area (Å²) in [7, 11) is 1.60. The Bertz CT molecular complexity index is 1200. The zero-order chi connectivity index (χ0) is 21.1. The van der Waals surface area contributed by atoms with Crippen LogP contribution in [0, 0.1) is 12.7 Å². The van der Waals surface area contributed by atoms with Crippen LogP contribution in [0.5, 0.6) is 5.75 Å². The summed E-state index contributed by atoms with van der Waals surface area (Å²) in [4.78, 5) is 13.1. The molecule has 4 aromatic rings. The van der Waals surface area contributed by atoms with Gasteiger partial charge in [0, 0.05) is 11.3 Å². The first kappa shape index (κ1) is 19.4. The van der Waals surface area contributed by atoms with Crippen molar-refractivity contribution >= 4 is 11.6 Å². The number of nitrogens with one attached hydrogen (secondary N) is 1. The van der Waals surface area contributed by atoms with Crippen LogP contribution in [-0.4, -0.2) is 22.8 Å². The van der Waals surface area contributed by atoms with Crippen molar-refractivity contribution in [2.24, 2.45) is 0 Å². The van der Waals surface area contributed by atoms with Crippen molar-refractivity contribution in [1.29, 1.82) is 0 Å². The van der Waals surface area contributed by atoms with Crippen LogP contribution in [0.1, 0.15) is 16.1 Å². The lowest BCUT2D eigenvalue weighted by atomic mass is 10.1. The van der Waals surface area contributed by atoms with E-state index < -0.39 is 0 Å². The molecule has 3 aromatic carbocycles. The van der Waals surface area contributed by atoms with Crippen LogP contribution < -0.4 is 10.1 Å². The molecular weight excluding hydrogens is 381 g/mol. The SMILES string of the molecule is COc1cccc(-c2cc(C(=O)Nc3ccc(F)cc3)n(-c3cccc(C)c3)n2)c1. The highest BCUT2D eigenvalue weighted by atomic mass is 19.1. The largest absolute Gasteiger partial charge is 0.497 e. The number of aryl methyl sites for hydroxylation is 1. The molecule has 150 valence electrons. The van der Waals surface area contributed by atoms with Crippen LogP contribution in [0.2, 0.25) is 0 Å². The molecule has 1 heterocycles. The van der Waals surface area contributed by atoms with Crippen LogP contribution in [0.3, 0.4) is 0 Å². The highest BCUT2D eigenvalue weighted by Crippen LogP contribution is 2.26. The van der Waals surface area contributed by atoms with E-state index in [2.05, 4.69) is 10.4 Å². The molecule has 1 N–H and O–H groups in total. The maximum absolute atomic E-state index is 13.2. The third-order valence-corrected chi connectivity index (χ3v) is 4.66. The molecule has 4 rings (SSSR count). The van der Waals surface area contributed by atoms with Crippen molar-refractivity contribution in [3.63, 3.8) is 0 Å². The summed E-state index contributed by atoms with van der Waals surface area (Å²) in [5, 5.41) is 7.49. The van der Waals surface area contributed by atoms with E-state index in [1.54, 1.807) is 17.9 Å². The highest BCUT2D eigenvalue weighted by molar-refractivity contribution is 6.04. The van der Waals surface area contributed by atoms with Crippen LogP contribution in [0.25, 0.3) is 16.9 Å². The Balaban J connectivity index is 1.77. The van der Waals surface area contributed by atoms with Gasteiger partial charge in [0.1, 0.15) is 17.3 Å². The molecule has 1 amide bonds. The summed E-state index contributed by atoms with van der Waals surface area (Å²) >= 11 is 0. The number of nitrogens with zero attached hydrogens (tertiary/aromatic N) is 2. The Kier molecular flexibility index (Phi) is 5.30. The van der Waals surface area contributed by atoms with Crippen molar-refractivity contribution < 1.29 is 13.9 Å². The lowest BCUT2D eigenvalue weighted by Crippen LogP contribution is -2.17. The third kappa shape index (κ3) is 4.07. The summed E-state index contributed by atoms with van der Waals surface area (Å²) in [6.07, 6.45) is 0. The minimum atomic E-state index is -0.363. The number of aromatic nitrogens is 2. The van der Waals surface area contributed by atoms with Gasteiger partial charge in [-0.15, -0.1) is 0 Å². The third-order valence-electron chi connectivity index (χ3n) is 4.66. The summed E-state index contributed by atoms with van der Waals surface area (Å²) in [5.74, 6) is -0.00204. The van der Waals surface area contributed by atoms with E-state index in [0.717, 1.165) is 16.8 Å². The summed E-state index contributed by atoms with van der Waals surface area (Å²) in [6.45, 7) is 1.98. The molecule has 0 saturated carbocycles. The number of benzene rings is 3. The zero-order valence-electron chi connectivity index (χ0n) is 16.6. The number of halogens is 1. The van der Waals surface area contributed by atoms with Gasteiger partial charge >= 0.3 is 0 Å². The van der Waals surface area contributed by atoms with Crippen molar-refractivity contribution in [2.75, 3.05) is 12.4 Å². The molecular formula is C24H20FN3O2. The van der Waals surface area contributed by atoms with E-state index in [0.29, 0.717) is 22.8 Å². The Morgan fingerprint density at radius 2 is 1.77 bits per heavy atom. The minimum Gasteiger partial charge on any atom is -0.497 e. The molecule has 0 spiro atoms. The van der Waals surface area contributed by atoms with Crippen LogP contribution >= 0.6 is 0 Å². The van der Waals surface area contributed by atoms with Crippen molar-refractivity contribution in [3.05, 3.63) is 95.9 Å². The second-order valence-corrected chi connectivity index (χ2v) is 6.86. The average molecular weight is 401 g/mol. The molecule has 0 atom stereocenters. The van der Waals surface area contributed by atoms with E-state index in [1.165, 1.54) is 24.3 Å². The number of anilines is 1. The minimum absolute atomic E-state index is 0.343. The van der Waals surface area contributed by atoms with Crippen molar-refractivity contribution in [1.82, 2.24) is 9.78 Å².